The Hall–Kier alpha value is -0.170. The van der Waals surface area contributed by atoms with Gasteiger partial charge in [0.1, 0.15) is 5.82 Å². The second-order valence-electron chi connectivity index (χ2n) is 2.43. The summed E-state index contributed by atoms with van der Waals surface area (Å²) in [7, 11) is 0. The summed E-state index contributed by atoms with van der Waals surface area (Å²) in [4.78, 5) is 10.3. The Morgan fingerprint density at radius 1 is 1.62 bits per heavy atom. The molecule has 0 saturated heterocycles. The first-order valence-corrected chi connectivity index (χ1v) is 5.23. The molecule has 2 nitrogen and oxygen atoms in total. The molecule has 1 aromatic rings. The summed E-state index contributed by atoms with van der Waals surface area (Å²) in [5, 5.41) is 8.47. The van der Waals surface area contributed by atoms with E-state index in [-0.39, 0.29) is 12.0 Å². The Bertz CT molecular complexity index is 354. The second kappa shape index (κ2) is 4.36. The van der Waals surface area contributed by atoms with Gasteiger partial charge in [-0.1, -0.05) is 0 Å². The zero-order valence-electron chi connectivity index (χ0n) is 6.35. The van der Waals surface area contributed by atoms with E-state index in [0.29, 0.717) is 4.47 Å². The molecule has 0 bridgehead atoms. The van der Waals surface area contributed by atoms with Gasteiger partial charge >= 0.3 is 5.97 Å². The first-order chi connectivity index (χ1) is 6.00. The van der Waals surface area contributed by atoms with Crippen molar-refractivity contribution in [1.82, 2.24) is 0 Å². The number of carboxylic acids is 1. The average Bonchev–Trinajstić information content (AvgIpc) is 1.99. The Labute approximate surface area is 96.4 Å². The predicted octanol–water partition coefficient (Wildman–Crippen LogP) is 2.82. The minimum Gasteiger partial charge on any atom is -0.481 e. The van der Waals surface area contributed by atoms with Crippen molar-refractivity contribution < 1.29 is 14.3 Å². The van der Waals surface area contributed by atoms with Crippen LogP contribution < -0.4 is 0 Å². The summed E-state index contributed by atoms with van der Waals surface area (Å²) in [6.45, 7) is 0. The molecular formula is C8H5BrFIO2. The fourth-order valence-electron chi connectivity index (χ4n) is 0.862. The van der Waals surface area contributed by atoms with E-state index >= 15 is 0 Å². The first-order valence-electron chi connectivity index (χ1n) is 3.36. The van der Waals surface area contributed by atoms with Gasteiger partial charge in [0.15, 0.2) is 0 Å². The van der Waals surface area contributed by atoms with Gasteiger partial charge in [-0.05, 0) is 50.7 Å². The van der Waals surface area contributed by atoms with Crippen LogP contribution in [0.4, 0.5) is 4.39 Å². The van der Waals surface area contributed by atoms with E-state index in [9.17, 15) is 9.18 Å². The van der Waals surface area contributed by atoms with Crippen molar-refractivity contribution in [3.05, 3.63) is 31.6 Å². The van der Waals surface area contributed by atoms with Gasteiger partial charge in [0.25, 0.3) is 0 Å². The lowest BCUT2D eigenvalue weighted by atomic mass is 10.1. The minimum atomic E-state index is -1.03. The van der Waals surface area contributed by atoms with Gasteiger partial charge in [0.05, 0.1) is 6.42 Å². The highest BCUT2D eigenvalue weighted by Gasteiger charge is 2.09. The molecule has 70 valence electrons. The fraction of sp³-hybridized carbons (Fsp3) is 0.125. The van der Waals surface area contributed by atoms with Crippen LogP contribution in [0.1, 0.15) is 5.56 Å². The van der Waals surface area contributed by atoms with Crippen LogP contribution in [0.15, 0.2) is 16.6 Å². The molecule has 1 aromatic carbocycles. The van der Waals surface area contributed by atoms with Crippen LogP contribution in [0.5, 0.6) is 0 Å². The molecule has 0 atom stereocenters. The van der Waals surface area contributed by atoms with Gasteiger partial charge in [-0.15, -0.1) is 0 Å². The Kier molecular flexibility index (Phi) is 3.66. The predicted molar refractivity (Wildman–Crippen MR) is 58.2 cm³/mol. The molecule has 0 heterocycles. The third kappa shape index (κ3) is 2.91. The van der Waals surface area contributed by atoms with Crippen molar-refractivity contribution >= 4 is 44.5 Å². The van der Waals surface area contributed by atoms with Crippen molar-refractivity contribution in [2.45, 2.75) is 6.42 Å². The molecule has 13 heavy (non-hydrogen) atoms. The molecule has 0 unspecified atom stereocenters. The van der Waals surface area contributed by atoms with E-state index in [1.807, 2.05) is 22.6 Å². The van der Waals surface area contributed by atoms with E-state index in [2.05, 4.69) is 15.9 Å². The molecule has 0 aliphatic carbocycles. The van der Waals surface area contributed by atoms with E-state index in [4.69, 9.17) is 5.11 Å². The van der Waals surface area contributed by atoms with Crippen LogP contribution in [0, 0.1) is 9.39 Å². The maximum Gasteiger partial charge on any atom is 0.307 e. The average molecular weight is 359 g/mol. The highest BCUT2D eigenvalue weighted by Crippen LogP contribution is 2.23. The zero-order chi connectivity index (χ0) is 10.0. The van der Waals surface area contributed by atoms with Crippen molar-refractivity contribution in [3.8, 4) is 0 Å². The maximum absolute atomic E-state index is 13.1. The lowest BCUT2D eigenvalue weighted by Gasteiger charge is -2.02. The normalized spacial score (nSPS) is 10.1. The van der Waals surface area contributed by atoms with Crippen molar-refractivity contribution in [1.29, 1.82) is 0 Å². The summed E-state index contributed by atoms with van der Waals surface area (Å²) in [6.07, 6.45) is -0.283. The lowest BCUT2D eigenvalue weighted by Crippen LogP contribution is -2.03. The molecule has 0 saturated carbocycles. The number of aliphatic carboxylic acids is 1. The molecule has 1 rings (SSSR count). The third-order valence-electron chi connectivity index (χ3n) is 1.43. The molecule has 0 fully saturated rings. The Morgan fingerprint density at radius 3 is 2.77 bits per heavy atom. The number of benzene rings is 1. The molecule has 0 aromatic heterocycles. The van der Waals surface area contributed by atoms with Crippen LogP contribution in [0.3, 0.4) is 0 Å². The third-order valence-corrected chi connectivity index (χ3v) is 3.72. The van der Waals surface area contributed by atoms with Gasteiger partial charge in [-0.2, -0.15) is 0 Å². The van der Waals surface area contributed by atoms with Gasteiger partial charge < -0.3 is 5.11 Å². The summed E-state index contributed by atoms with van der Waals surface area (Å²) >= 11 is 5.16. The number of halogens is 3. The van der Waals surface area contributed by atoms with Crippen LogP contribution >= 0.6 is 38.5 Å². The SMILES string of the molecule is O=C(O)Cc1cc(I)c(Br)cc1F. The van der Waals surface area contributed by atoms with Gasteiger partial charge in [-0.3, -0.25) is 4.79 Å². The quantitative estimate of drug-likeness (QED) is 0.652. The number of hydrogen-bond donors (Lipinski definition) is 1. The largest absolute Gasteiger partial charge is 0.481 e. The summed E-state index contributed by atoms with van der Waals surface area (Å²) < 4.78 is 14.5. The summed E-state index contributed by atoms with van der Waals surface area (Å²) in [5.41, 5.74) is 0.208. The van der Waals surface area contributed by atoms with Gasteiger partial charge in [0, 0.05) is 13.6 Å². The first kappa shape index (κ1) is 10.9. The van der Waals surface area contributed by atoms with Crippen LogP contribution in [-0.4, -0.2) is 11.1 Å². The van der Waals surface area contributed by atoms with E-state index < -0.39 is 11.8 Å². The smallest absolute Gasteiger partial charge is 0.307 e. The lowest BCUT2D eigenvalue weighted by molar-refractivity contribution is -0.136. The standard InChI is InChI=1S/C8H5BrFIO2/c9-5-3-6(10)4(1-7(5)11)2-8(12)13/h1,3H,2H2,(H,12,13). The Morgan fingerprint density at radius 2 is 2.23 bits per heavy atom. The highest BCUT2D eigenvalue weighted by atomic mass is 127. The molecule has 0 aliphatic heterocycles. The second-order valence-corrected chi connectivity index (χ2v) is 4.44. The molecule has 1 N–H and O–H groups in total. The summed E-state index contributed by atoms with van der Waals surface area (Å²) in [5.74, 6) is -1.52. The number of carboxylic acid groups (broad SMARTS) is 1. The van der Waals surface area contributed by atoms with Crippen LogP contribution in [0.2, 0.25) is 0 Å². The Balaban J connectivity index is 3.08. The molecule has 0 aliphatic rings. The van der Waals surface area contributed by atoms with Crippen molar-refractivity contribution in [2.75, 3.05) is 0 Å². The van der Waals surface area contributed by atoms with E-state index in [1.54, 1.807) is 0 Å². The van der Waals surface area contributed by atoms with Gasteiger partial charge in [0.2, 0.25) is 0 Å². The maximum atomic E-state index is 13.1. The fourth-order valence-corrected chi connectivity index (χ4v) is 1.71. The minimum absolute atomic E-state index is 0.208. The highest BCUT2D eigenvalue weighted by molar-refractivity contribution is 14.1. The number of hydrogen-bond acceptors (Lipinski definition) is 1. The van der Waals surface area contributed by atoms with Crippen molar-refractivity contribution in [2.24, 2.45) is 0 Å². The topological polar surface area (TPSA) is 37.3 Å². The molecule has 5 heteroatoms. The molecule has 0 radical (unpaired) electrons. The molecular weight excluding hydrogens is 354 g/mol. The zero-order valence-corrected chi connectivity index (χ0v) is 10.1. The molecule has 0 spiro atoms. The number of carbonyl (C=O) groups is 1. The monoisotopic (exact) mass is 358 g/mol. The summed E-state index contributed by atoms with van der Waals surface area (Å²) in [6, 6.07) is 2.80. The molecule has 0 amide bonds. The van der Waals surface area contributed by atoms with E-state index in [1.165, 1.54) is 12.1 Å². The van der Waals surface area contributed by atoms with Gasteiger partial charge in [-0.25, -0.2) is 4.39 Å². The van der Waals surface area contributed by atoms with Crippen molar-refractivity contribution in [3.63, 3.8) is 0 Å². The van der Waals surface area contributed by atoms with Crippen LogP contribution in [-0.2, 0) is 11.2 Å². The number of rotatable bonds is 2. The van der Waals surface area contributed by atoms with Crippen LogP contribution in [0.25, 0.3) is 0 Å². The van der Waals surface area contributed by atoms with E-state index in [0.717, 1.165) is 3.57 Å².